The van der Waals surface area contributed by atoms with E-state index in [1.54, 1.807) is 0 Å². The number of hydrogen-bond donors (Lipinski definition) is 1. The smallest absolute Gasteiger partial charge is 0.131 e. The zero-order valence-corrected chi connectivity index (χ0v) is 12.7. The van der Waals surface area contributed by atoms with E-state index in [4.69, 9.17) is 0 Å². The maximum absolute atomic E-state index is 14.1. The van der Waals surface area contributed by atoms with Crippen molar-refractivity contribution in [3.63, 3.8) is 0 Å². The average Bonchev–Trinajstić information content (AvgIpc) is 2.43. The minimum Gasteiger partial charge on any atom is -0.306 e. The van der Waals surface area contributed by atoms with Gasteiger partial charge in [0, 0.05) is 5.56 Å². The van der Waals surface area contributed by atoms with Gasteiger partial charge in [0.05, 0.1) is 6.04 Å². The number of halogens is 2. The van der Waals surface area contributed by atoms with Crippen molar-refractivity contribution in [2.45, 2.75) is 33.2 Å². The molecule has 0 aliphatic rings. The van der Waals surface area contributed by atoms with Gasteiger partial charge in [-0.25, -0.2) is 8.78 Å². The van der Waals surface area contributed by atoms with Gasteiger partial charge in [-0.15, -0.1) is 0 Å². The molecule has 0 saturated heterocycles. The Morgan fingerprint density at radius 2 is 1.71 bits per heavy atom. The molecule has 2 aromatic rings. The monoisotopic (exact) mass is 289 g/mol. The summed E-state index contributed by atoms with van der Waals surface area (Å²) in [4.78, 5) is 0. The predicted octanol–water partition coefficient (Wildman–Crippen LogP) is 4.67. The van der Waals surface area contributed by atoms with Gasteiger partial charge in [-0.3, -0.25) is 0 Å². The molecule has 2 rings (SSSR count). The molecule has 0 aromatic heterocycles. The van der Waals surface area contributed by atoms with Crippen LogP contribution in [0.1, 0.15) is 41.6 Å². The van der Waals surface area contributed by atoms with Gasteiger partial charge in [0.1, 0.15) is 11.6 Å². The highest BCUT2D eigenvalue weighted by atomic mass is 19.1. The Hall–Kier alpha value is -1.74. The van der Waals surface area contributed by atoms with Crippen LogP contribution in [0.4, 0.5) is 8.78 Å². The number of hydrogen-bond acceptors (Lipinski definition) is 1. The van der Waals surface area contributed by atoms with E-state index in [2.05, 4.69) is 5.32 Å². The second kappa shape index (κ2) is 6.81. The van der Waals surface area contributed by atoms with Gasteiger partial charge in [-0.2, -0.15) is 0 Å². The van der Waals surface area contributed by atoms with Crippen LogP contribution in [0.2, 0.25) is 0 Å². The highest BCUT2D eigenvalue weighted by Gasteiger charge is 2.22. The van der Waals surface area contributed by atoms with E-state index >= 15 is 0 Å². The predicted molar refractivity (Wildman–Crippen MR) is 82.4 cm³/mol. The van der Waals surface area contributed by atoms with Crippen LogP contribution >= 0.6 is 0 Å². The molecule has 3 heteroatoms. The number of nitrogens with one attached hydrogen (secondary N) is 1. The lowest BCUT2D eigenvalue weighted by atomic mass is 9.93. The first kappa shape index (κ1) is 15.6. The highest BCUT2D eigenvalue weighted by molar-refractivity contribution is 5.39. The van der Waals surface area contributed by atoms with Gasteiger partial charge in [0.15, 0.2) is 0 Å². The van der Waals surface area contributed by atoms with E-state index in [1.165, 1.54) is 18.2 Å². The second-order valence-electron chi connectivity index (χ2n) is 5.38. The summed E-state index contributed by atoms with van der Waals surface area (Å²) in [5, 5.41) is 3.26. The molecule has 0 bridgehead atoms. The van der Waals surface area contributed by atoms with Crippen LogP contribution in [-0.2, 0) is 0 Å². The van der Waals surface area contributed by atoms with Crippen molar-refractivity contribution < 1.29 is 8.78 Å². The Morgan fingerprint density at radius 3 is 2.29 bits per heavy atom. The molecule has 2 aromatic carbocycles. The second-order valence-corrected chi connectivity index (χ2v) is 5.38. The fourth-order valence-electron chi connectivity index (χ4n) is 2.59. The van der Waals surface area contributed by atoms with Crippen molar-refractivity contribution in [2.24, 2.45) is 0 Å². The first-order valence-corrected chi connectivity index (χ1v) is 7.29. The third-order valence-electron chi connectivity index (χ3n) is 3.62. The summed E-state index contributed by atoms with van der Waals surface area (Å²) in [6, 6.07) is 9.50. The number of aryl methyl sites for hydroxylation is 2. The molecule has 1 nitrogen and oxygen atoms in total. The first-order valence-electron chi connectivity index (χ1n) is 7.29. The lowest BCUT2D eigenvalue weighted by molar-refractivity contribution is 0.502. The summed E-state index contributed by atoms with van der Waals surface area (Å²) < 4.78 is 28.3. The van der Waals surface area contributed by atoms with E-state index in [0.29, 0.717) is 6.54 Å². The molecule has 112 valence electrons. The summed E-state index contributed by atoms with van der Waals surface area (Å²) in [5.74, 6) is -1.02. The van der Waals surface area contributed by atoms with Gasteiger partial charge < -0.3 is 5.32 Å². The first-order chi connectivity index (χ1) is 10.0. The molecule has 0 aliphatic heterocycles. The van der Waals surface area contributed by atoms with E-state index in [-0.39, 0.29) is 5.56 Å². The zero-order valence-electron chi connectivity index (χ0n) is 12.7. The van der Waals surface area contributed by atoms with Crippen LogP contribution < -0.4 is 5.32 Å². The lowest BCUT2D eigenvalue weighted by Gasteiger charge is -2.22. The third kappa shape index (κ3) is 3.48. The Bertz CT molecular complexity index is 602. The van der Waals surface area contributed by atoms with Crippen LogP contribution in [0.15, 0.2) is 36.4 Å². The molecular formula is C18H21F2N. The third-order valence-corrected chi connectivity index (χ3v) is 3.62. The molecule has 0 heterocycles. The molecule has 1 N–H and O–H groups in total. The van der Waals surface area contributed by atoms with Gasteiger partial charge in [0.2, 0.25) is 0 Å². The summed E-state index contributed by atoms with van der Waals surface area (Å²) in [6.07, 6.45) is 0.900. The Kier molecular flexibility index (Phi) is 5.07. The number of rotatable bonds is 5. The molecule has 1 unspecified atom stereocenters. The Balaban J connectivity index is 2.52. The van der Waals surface area contributed by atoms with Crippen LogP contribution in [0, 0.1) is 25.5 Å². The quantitative estimate of drug-likeness (QED) is 0.843. The fourth-order valence-corrected chi connectivity index (χ4v) is 2.59. The van der Waals surface area contributed by atoms with Gasteiger partial charge in [-0.1, -0.05) is 36.8 Å². The molecule has 0 spiro atoms. The molecule has 0 radical (unpaired) electrons. The van der Waals surface area contributed by atoms with Crippen LogP contribution in [-0.4, -0.2) is 6.54 Å². The highest BCUT2D eigenvalue weighted by Crippen LogP contribution is 2.29. The van der Waals surface area contributed by atoms with Gasteiger partial charge in [0.25, 0.3) is 0 Å². The van der Waals surface area contributed by atoms with Crippen molar-refractivity contribution in [1.82, 2.24) is 5.32 Å². The van der Waals surface area contributed by atoms with Crippen LogP contribution in [0.5, 0.6) is 0 Å². The van der Waals surface area contributed by atoms with E-state index in [9.17, 15) is 8.78 Å². The molecular weight excluding hydrogens is 268 g/mol. The summed E-state index contributed by atoms with van der Waals surface area (Å²) >= 11 is 0. The van der Waals surface area contributed by atoms with Gasteiger partial charge in [-0.05, 0) is 50.1 Å². The zero-order chi connectivity index (χ0) is 15.4. The van der Waals surface area contributed by atoms with E-state index < -0.39 is 17.7 Å². The Labute approximate surface area is 125 Å². The minimum absolute atomic E-state index is 0.0953. The van der Waals surface area contributed by atoms with Crippen molar-refractivity contribution >= 4 is 0 Å². The molecule has 1 atom stereocenters. The average molecular weight is 289 g/mol. The van der Waals surface area contributed by atoms with Crippen LogP contribution in [0.25, 0.3) is 0 Å². The molecule has 0 saturated carbocycles. The molecule has 0 amide bonds. The maximum atomic E-state index is 14.1. The standard InChI is InChI=1S/C18H21F2N/c1-4-10-21-18(14-9-8-12(2)11-13(14)3)17-15(19)6-5-7-16(17)20/h5-9,11,18,21H,4,10H2,1-3H3. The lowest BCUT2D eigenvalue weighted by Crippen LogP contribution is -2.26. The van der Waals surface area contributed by atoms with E-state index in [0.717, 1.165) is 23.1 Å². The van der Waals surface area contributed by atoms with Gasteiger partial charge >= 0.3 is 0 Å². The van der Waals surface area contributed by atoms with Crippen molar-refractivity contribution in [3.8, 4) is 0 Å². The number of benzene rings is 2. The maximum Gasteiger partial charge on any atom is 0.131 e. The summed E-state index contributed by atoms with van der Waals surface area (Å²) in [6.45, 7) is 6.71. The molecule has 0 fully saturated rings. The normalized spacial score (nSPS) is 12.4. The molecule has 0 aliphatic carbocycles. The summed E-state index contributed by atoms with van der Waals surface area (Å²) in [7, 11) is 0. The van der Waals surface area contributed by atoms with E-state index in [1.807, 2.05) is 39.0 Å². The molecule has 21 heavy (non-hydrogen) atoms. The van der Waals surface area contributed by atoms with Crippen molar-refractivity contribution in [3.05, 3.63) is 70.3 Å². The van der Waals surface area contributed by atoms with Crippen molar-refractivity contribution in [1.29, 1.82) is 0 Å². The van der Waals surface area contributed by atoms with Crippen molar-refractivity contribution in [2.75, 3.05) is 6.54 Å². The summed E-state index contributed by atoms with van der Waals surface area (Å²) in [5.41, 5.74) is 3.18. The van der Waals surface area contributed by atoms with Crippen LogP contribution in [0.3, 0.4) is 0 Å². The largest absolute Gasteiger partial charge is 0.306 e. The fraction of sp³-hybridized carbons (Fsp3) is 0.333. The SMILES string of the molecule is CCCNC(c1ccc(C)cc1C)c1c(F)cccc1F. The topological polar surface area (TPSA) is 12.0 Å². The minimum atomic E-state index is -0.511. The Morgan fingerprint density at radius 1 is 1.05 bits per heavy atom.